The lowest BCUT2D eigenvalue weighted by Gasteiger charge is -2.45. The number of carbonyl (C=O) groups is 3. The Morgan fingerprint density at radius 3 is 2.51 bits per heavy atom. The molecule has 1 amide bonds. The van der Waals surface area contributed by atoms with Crippen molar-refractivity contribution in [2.24, 2.45) is 23.0 Å². The second-order valence-electron chi connectivity index (χ2n) is 10.9. The molecule has 1 saturated carbocycles. The fourth-order valence-electron chi connectivity index (χ4n) is 6.65. The molecule has 10 heteroatoms. The average molecular weight is 515 g/mol. The lowest BCUT2D eigenvalue weighted by molar-refractivity contribution is -0.144. The molecule has 0 saturated heterocycles. The zero-order valence-corrected chi connectivity index (χ0v) is 20.6. The predicted molar refractivity (Wildman–Crippen MR) is 129 cm³/mol. The van der Waals surface area contributed by atoms with E-state index in [0.717, 1.165) is 25.8 Å². The summed E-state index contributed by atoms with van der Waals surface area (Å²) in [5.41, 5.74) is 1.56. The highest BCUT2D eigenvalue weighted by atomic mass is 19.1. The van der Waals surface area contributed by atoms with E-state index in [1.807, 2.05) is 0 Å². The molecule has 1 aromatic rings. The van der Waals surface area contributed by atoms with Gasteiger partial charge in [-0.2, -0.15) is 0 Å². The van der Waals surface area contributed by atoms with Crippen molar-refractivity contribution in [3.63, 3.8) is 0 Å². The molecule has 0 radical (unpaired) electrons. The van der Waals surface area contributed by atoms with Crippen molar-refractivity contribution < 1.29 is 39.2 Å². The lowest BCUT2D eigenvalue weighted by atomic mass is 9.60. The monoisotopic (exact) mass is 514 g/mol. The highest BCUT2D eigenvalue weighted by Crippen LogP contribution is 2.51. The molecule has 0 heterocycles. The molecule has 7 N–H and O–H groups in total. The molecular weight excluding hydrogens is 483 g/mol. The van der Waals surface area contributed by atoms with E-state index in [9.17, 15) is 34.8 Å². The number of ketones is 2. The van der Waals surface area contributed by atoms with Crippen LogP contribution in [0, 0.1) is 23.1 Å². The van der Waals surface area contributed by atoms with Crippen molar-refractivity contribution in [1.82, 2.24) is 5.32 Å². The van der Waals surface area contributed by atoms with E-state index in [4.69, 9.17) is 5.73 Å². The Morgan fingerprint density at radius 1 is 1.22 bits per heavy atom. The molecule has 1 unspecified atom stereocenters. The highest BCUT2D eigenvalue weighted by molar-refractivity contribution is 6.24. The Morgan fingerprint density at radius 2 is 1.92 bits per heavy atom. The molecule has 3 atom stereocenters. The maximum atomic E-state index is 15.6. The van der Waals surface area contributed by atoms with Crippen LogP contribution in [0.3, 0.4) is 0 Å². The fourth-order valence-corrected chi connectivity index (χ4v) is 6.65. The number of aromatic hydroxyl groups is 1. The van der Waals surface area contributed by atoms with Crippen molar-refractivity contribution >= 4 is 17.5 Å². The standard InChI is InChI=1S/C27H31FN2O7/c1-2-26(4-3-5-26)11-30-10-13-8-16(31)19-15(21(13)28)7-12-6-14-9-17(32)20(25(29)36)24(35)27(14,37)23(34)18(12)22(19)33/h8,12,14,30-32,34,37H,2-7,9-11H2,1H3,(H2,29,36)/t12?,14-,27-/m0/s1. The van der Waals surface area contributed by atoms with Crippen LogP contribution >= 0.6 is 0 Å². The number of phenols is 1. The topological polar surface area (TPSA) is 170 Å². The number of rotatable bonds is 6. The van der Waals surface area contributed by atoms with Gasteiger partial charge in [-0.05, 0) is 49.5 Å². The number of benzene rings is 1. The minimum absolute atomic E-state index is 0.0161. The maximum absolute atomic E-state index is 15.6. The van der Waals surface area contributed by atoms with E-state index in [1.165, 1.54) is 12.5 Å². The zero-order valence-electron chi connectivity index (χ0n) is 20.6. The molecule has 37 heavy (non-hydrogen) atoms. The molecular formula is C27H31FN2O7. The van der Waals surface area contributed by atoms with Crippen molar-refractivity contribution in [3.05, 3.63) is 51.2 Å². The Hall–Kier alpha value is -3.24. The first-order chi connectivity index (χ1) is 17.4. The van der Waals surface area contributed by atoms with E-state index in [-0.39, 0.29) is 53.5 Å². The first-order valence-corrected chi connectivity index (χ1v) is 12.7. The molecule has 4 aliphatic carbocycles. The number of Topliss-reactive ketones (excluding diaryl/α,β-unsaturated/α-hetero) is 2. The fraction of sp³-hybridized carbons (Fsp3) is 0.519. The molecule has 1 aromatic carbocycles. The third-order valence-corrected chi connectivity index (χ3v) is 9.05. The third kappa shape index (κ3) is 3.60. The number of primary amides is 1. The van der Waals surface area contributed by atoms with E-state index in [0.29, 0.717) is 0 Å². The zero-order chi connectivity index (χ0) is 26.9. The normalized spacial score (nSPS) is 28.4. The van der Waals surface area contributed by atoms with Crippen LogP contribution in [0.4, 0.5) is 4.39 Å². The summed E-state index contributed by atoms with van der Waals surface area (Å²) >= 11 is 0. The summed E-state index contributed by atoms with van der Waals surface area (Å²) in [6.45, 7) is 3.03. The van der Waals surface area contributed by atoms with E-state index >= 15 is 4.39 Å². The Labute approximate surface area is 212 Å². The summed E-state index contributed by atoms with van der Waals surface area (Å²) < 4.78 is 15.6. The Kier molecular flexibility index (Phi) is 5.95. The van der Waals surface area contributed by atoms with Crippen LogP contribution in [0.15, 0.2) is 28.7 Å². The largest absolute Gasteiger partial charge is 0.511 e. The minimum atomic E-state index is -2.63. The summed E-state index contributed by atoms with van der Waals surface area (Å²) in [6, 6.07) is 1.19. The van der Waals surface area contributed by atoms with Crippen molar-refractivity contribution in [3.8, 4) is 5.75 Å². The predicted octanol–water partition coefficient (Wildman–Crippen LogP) is 2.39. The number of hydrogen-bond donors (Lipinski definition) is 6. The Balaban J connectivity index is 1.49. The quantitative estimate of drug-likeness (QED) is 0.314. The molecule has 198 valence electrons. The van der Waals surface area contributed by atoms with Gasteiger partial charge in [0.1, 0.15) is 28.7 Å². The first kappa shape index (κ1) is 25.4. The van der Waals surface area contributed by atoms with Gasteiger partial charge in [-0.1, -0.05) is 13.3 Å². The number of allylic oxidation sites excluding steroid dienone is 2. The SMILES string of the molecule is CCC1(CNCc2cc(O)c3c(c2F)CC2C[C@H]4CC(O)=C(C(N)=O)C(=O)[C@@]4(O)C(O)=C2C3=O)CCC1. The number of carbonyl (C=O) groups excluding carboxylic acids is 3. The first-order valence-electron chi connectivity index (χ1n) is 12.7. The number of aliphatic hydroxyl groups excluding tert-OH is 2. The number of halogens is 1. The van der Waals surface area contributed by atoms with Crippen LogP contribution in [-0.2, 0) is 22.6 Å². The summed E-state index contributed by atoms with van der Waals surface area (Å²) in [7, 11) is 0. The summed E-state index contributed by atoms with van der Waals surface area (Å²) in [4.78, 5) is 38.1. The van der Waals surface area contributed by atoms with Crippen LogP contribution in [0.2, 0.25) is 0 Å². The number of hydrogen-bond acceptors (Lipinski definition) is 8. The number of aliphatic hydroxyl groups is 3. The van der Waals surface area contributed by atoms with Crippen LogP contribution < -0.4 is 11.1 Å². The van der Waals surface area contributed by atoms with Gasteiger partial charge < -0.3 is 31.5 Å². The van der Waals surface area contributed by atoms with Gasteiger partial charge in [0.05, 0.1) is 5.56 Å². The molecule has 9 nitrogen and oxygen atoms in total. The highest BCUT2D eigenvalue weighted by Gasteiger charge is 2.59. The molecule has 5 rings (SSSR count). The van der Waals surface area contributed by atoms with Crippen molar-refractivity contribution in [1.29, 1.82) is 0 Å². The molecule has 0 bridgehead atoms. The molecule has 0 aliphatic heterocycles. The Bertz CT molecular complexity index is 1290. The van der Waals surface area contributed by atoms with E-state index in [1.54, 1.807) is 0 Å². The van der Waals surface area contributed by atoms with Gasteiger partial charge in [0, 0.05) is 42.1 Å². The lowest BCUT2D eigenvalue weighted by Crippen LogP contribution is -2.57. The molecule has 4 aliphatic rings. The molecule has 1 fully saturated rings. The van der Waals surface area contributed by atoms with Crippen LogP contribution in [0.25, 0.3) is 0 Å². The number of nitrogens with one attached hydrogen (secondary N) is 1. The molecule has 0 spiro atoms. The molecule has 0 aromatic heterocycles. The average Bonchev–Trinajstić information content (AvgIpc) is 2.80. The van der Waals surface area contributed by atoms with Crippen molar-refractivity contribution in [2.75, 3.05) is 6.54 Å². The van der Waals surface area contributed by atoms with Crippen molar-refractivity contribution in [2.45, 2.75) is 64.0 Å². The summed E-state index contributed by atoms with van der Waals surface area (Å²) in [5, 5.41) is 46.5. The number of amides is 1. The number of fused-ring (bicyclic) bond motifs is 3. The minimum Gasteiger partial charge on any atom is -0.511 e. The number of phenolic OH excluding ortho intramolecular Hbond substituents is 1. The summed E-state index contributed by atoms with van der Waals surface area (Å²) in [6.07, 6.45) is 4.01. The second-order valence-corrected chi connectivity index (χ2v) is 10.9. The summed E-state index contributed by atoms with van der Waals surface area (Å²) in [5.74, 6) is -7.89. The van der Waals surface area contributed by atoms with Gasteiger partial charge in [0.15, 0.2) is 11.4 Å². The van der Waals surface area contributed by atoms with Gasteiger partial charge in [-0.25, -0.2) is 4.39 Å². The van der Waals surface area contributed by atoms with E-state index < -0.39 is 63.6 Å². The van der Waals surface area contributed by atoms with Gasteiger partial charge >= 0.3 is 0 Å². The second kappa shape index (κ2) is 8.66. The van der Waals surface area contributed by atoms with Crippen LogP contribution in [-0.4, -0.2) is 50.0 Å². The van der Waals surface area contributed by atoms with E-state index in [2.05, 4.69) is 12.2 Å². The van der Waals surface area contributed by atoms with Crippen LogP contribution in [0.5, 0.6) is 5.75 Å². The van der Waals surface area contributed by atoms with Gasteiger partial charge in [0.2, 0.25) is 5.78 Å². The third-order valence-electron chi connectivity index (χ3n) is 9.05. The number of nitrogens with two attached hydrogens (primary N) is 1. The van der Waals surface area contributed by atoms with Crippen LogP contribution in [0.1, 0.15) is 66.9 Å². The van der Waals surface area contributed by atoms with Gasteiger partial charge in [-0.3, -0.25) is 14.4 Å². The smallest absolute Gasteiger partial charge is 0.255 e. The maximum Gasteiger partial charge on any atom is 0.255 e. The van der Waals surface area contributed by atoms with Gasteiger partial charge in [-0.15, -0.1) is 0 Å². The van der Waals surface area contributed by atoms with Gasteiger partial charge in [0.25, 0.3) is 5.91 Å².